The molecule has 0 aromatic heterocycles. The highest BCUT2D eigenvalue weighted by Gasteiger charge is 2.49. The van der Waals surface area contributed by atoms with Gasteiger partial charge in [0.05, 0.1) is 13.2 Å². The van der Waals surface area contributed by atoms with Crippen molar-refractivity contribution in [1.29, 1.82) is 0 Å². The fraction of sp³-hybridized carbons (Fsp3) is 0.857. The molecule has 2 rings (SSSR count). The molecule has 5 atom stereocenters. The van der Waals surface area contributed by atoms with Gasteiger partial charge in [0.2, 0.25) is 0 Å². The number of carbonyl (C=O) groups excluding carboxylic acids is 1. The van der Waals surface area contributed by atoms with Gasteiger partial charge in [-0.05, 0) is 63.2 Å². The van der Waals surface area contributed by atoms with Gasteiger partial charge in [0.25, 0.3) is 0 Å². The van der Waals surface area contributed by atoms with Crippen LogP contribution in [-0.2, 0) is 9.53 Å². The maximum Gasteiger partial charge on any atom is 0.305 e. The first-order chi connectivity index (χ1) is 12.5. The molecule has 1 saturated carbocycles. The minimum atomic E-state index is -0.575. The fourth-order valence-corrected chi connectivity index (χ4v) is 6.29. The second-order valence-electron chi connectivity index (χ2n) is 7.90. The van der Waals surface area contributed by atoms with Crippen LogP contribution in [0.2, 0.25) is 0 Å². The monoisotopic (exact) mass is 384 g/mol. The third kappa shape index (κ3) is 6.28. The van der Waals surface area contributed by atoms with E-state index >= 15 is 0 Å². The minimum Gasteiger partial charge on any atom is -0.469 e. The van der Waals surface area contributed by atoms with Crippen molar-refractivity contribution < 1.29 is 19.7 Å². The van der Waals surface area contributed by atoms with Crippen LogP contribution in [0.4, 0.5) is 0 Å². The van der Waals surface area contributed by atoms with Gasteiger partial charge < -0.3 is 14.9 Å². The van der Waals surface area contributed by atoms with Gasteiger partial charge >= 0.3 is 5.97 Å². The Hall–Kier alpha value is -0.520. The molecule has 2 unspecified atom stereocenters. The molecule has 0 amide bonds. The Balaban J connectivity index is 1.76. The number of unbranched alkanes of at least 4 members (excludes halogenated alkanes) is 3. The minimum absolute atomic E-state index is 0.155. The molecule has 0 spiro atoms. The first-order valence-electron chi connectivity index (χ1n) is 10.3. The zero-order valence-corrected chi connectivity index (χ0v) is 17.2. The molecule has 2 aliphatic rings. The Labute approximate surface area is 162 Å². The van der Waals surface area contributed by atoms with Crippen molar-refractivity contribution >= 4 is 17.7 Å². The molecule has 1 saturated heterocycles. The van der Waals surface area contributed by atoms with E-state index in [9.17, 15) is 15.0 Å². The molecule has 2 fully saturated rings. The molecule has 1 heterocycles. The number of esters is 1. The van der Waals surface area contributed by atoms with Gasteiger partial charge in [-0.25, -0.2) is 0 Å². The number of carbonyl (C=O) groups is 1. The third-order valence-electron chi connectivity index (χ3n) is 5.96. The van der Waals surface area contributed by atoms with Gasteiger partial charge in [-0.1, -0.05) is 31.9 Å². The maximum atomic E-state index is 11.1. The van der Waals surface area contributed by atoms with Gasteiger partial charge in [-0.3, -0.25) is 4.79 Å². The van der Waals surface area contributed by atoms with Gasteiger partial charge in [0, 0.05) is 11.7 Å². The van der Waals surface area contributed by atoms with Crippen LogP contribution in [0.3, 0.4) is 0 Å². The lowest BCUT2D eigenvalue weighted by Gasteiger charge is -2.39. The number of hydrogen-bond donors (Lipinski definition) is 2. The zero-order chi connectivity index (χ0) is 19.0. The van der Waals surface area contributed by atoms with E-state index in [1.165, 1.54) is 20.0 Å². The Morgan fingerprint density at radius 3 is 2.85 bits per heavy atom. The number of hydrogen-bond acceptors (Lipinski definition) is 5. The third-order valence-corrected chi connectivity index (χ3v) is 7.65. The summed E-state index contributed by atoms with van der Waals surface area (Å²) in [6.45, 7) is 2.19. The van der Waals surface area contributed by atoms with E-state index in [1.807, 2.05) is 0 Å². The highest BCUT2D eigenvalue weighted by atomic mass is 32.2. The first-order valence-corrected chi connectivity index (χ1v) is 11.2. The quantitative estimate of drug-likeness (QED) is 0.331. The van der Waals surface area contributed by atoms with Crippen LogP contribution in [0.5, 0.6) is 0 Å². The van der Waals surface area contributed by atoms with Gasteiger partial charge in [0.1, 0.15) is 4.93 Å². The van der Waals surface area contributed by atoms with E-state index < -0.39 is 4.93 Å². The highest BCUT2D eigenvalue weighted by molar-refractivity contribution is 8.01. The number of ether oxygens (including phenoxy) is 1. The average Bonchev–Trinajstić information content (AvgIpc) is 2.91. The molecule has 1 aliphatic carbocycles. The molecule has 0 radical (unpaired) electrons. The van der Waals surface area contributed by atoms with Crippen molar-refractivity contribution in [2.75, 3.05) is 7.11 Å². The molecule has 26 heavy (non-hydrogen) atoms. The fourth-order valence-electron chi connectivity index (χ4n) is 4.42. The molecule has 0 aromatic carbocycles. The van der Waals surface area contributed by atoms with Crippen LogP contribution in [0.15, 0.2) is 12.2 Å². The van der Waals surface area contributed by atoms with Gasteiger partial charge in [-0.2, -0.15) is 0 Å². The number of fused-ring (bicyclic) bond motifs is 1. The van der Waals surface area contributed by atoms with Gasteiger partial charge in [-0.15, -0.1) is 11.8 Å². The van der Waals surface area contributed by atoms with Crippen LogP contribution in [0.1, 0.15) is 77.6 Å². The summed E-state index contributed by atoms with van der Waals surface area (Å²) in [6.07, 6.45) is 14.1. The average molecular weight is 385 g/mol. The summed E-state index contributed by atoms with van der Waals surface area (Å²) in [4.78, 5) is 10.5. The first kappa shape index (κ1) is 21.8. The largest absolute Gasteiger partial charge is 0.469 e. The number of aliphatic hydroxyl groups is 2. The Morgan fingerprint density at radius 1 is 1.31 bits per heavy atom. The normalized spacial score (nSPS) is 34.2. The van der Waals surface area contributed by atoms with Crippen molar-refractivity contribution in [2.45, 2.75) is 93.8 Å². The van der Waals surface area contributed by atoms with E-state index in [-0.39, 0.29) is 12.1 Å². The van der Waals surface area contributed by atoms with Crippen molar-refractivity contribution in [2.24, 2.45) is 11.8 Å². The summed E-state index contributed by atoms with van der Waals surface area (Å²) in [7, 11) is 1.42. The molecule has 150 valence electrons. The standard InChI is InChI=1S/C21H36O4S/c1-3-4-9-13-21(24)14-12-17-16(18(22)15-19(17)26-21)10-7-5-6-8-11-20(23)25-2/h5,7,16-19,22,24H,3-4,6,8-15H2,1-2H3/t16-,17?,18+,19-,21?/m1/s1. The summed E-state index contributed by atoms with van der Waals surface area (Å²) in [6, 6.07) is 0. The zero-order valence-electron chi connectivity index (χ0n) is 16.4. The topological polar surface area (TPSA) is 66.8 Å². The number of thioether (sulfide) groups is 1. The maximum absolute atomic E-state index is 11.1. The SMILES string of the molecule is CCCCCC1(O)CCC2[C@@H](CC=CCCCC(=O)OC)[C@@H](O)C[C@H]2S1. The summed E-state index contributed by atoms with van der Waals surface area (Å²) >= 11 is 1.74. The lowest BCUT2D eigenvalue weighted by Crippen LogP contribution is -2.36. The predicted octanol–water partition coefficient (Wildman–Crippen LogP) is 4.44. The number of methoxy groups -OCH3 is 1. The van der Waals surface area contributed by atoms with E-state index in [0.717, 1.165) is 51.4 Å². The van der Waals surface area contributed by atoms with E-state index in [1.54, 1.807) is 11.8 Å². The Bertz CT molecular complexity index is 467. The molecular weight excluding hydrogens is 348 g/mol. The second-order valence-corrected chi connectivity index (χ2v) is 9.51. The van der Waals surface area contributed by atoms with Crippen molar-refractivity contribution in [1.82, 2.24) is 0 Å². The van der Waals surface area contributed by atoms with Crippen LogP contribution < -0.4 is 0 Å². The second kappa shape index (κ2) is 10.7. The molecule has 0 aromatic rings. The molecule has 0 bridgehead atoms. The molecule has 4 nitrogen and oxygen atoms in total. The number of aliphatic hydroxyl groups excluding tert-OH is 1. The van der Waals surface area contributed by atoms with Crippen LogP contribution in [-0.4, -0.2) is 39.6 Å². The van der Waals surface area contributed by atoms with Crippen molar-refractivity contribution in [3.8, 4) is 0 Å². The van der Waals surface area contributed by atoms with Crippen LogP contribution in [0, 0.1) is 11.8 Å². The molecular formula is C21H36O4S. The van der Waals surface area contributed by atoms with Crippen molar-refractivity contribution in [3.05, 3.63) is 12.2 Å². The molecule has 1 aliphatic heterocycles. The van der Waals surface area contributed by atoms with E-state index in [4.69, 9.17) is 0 Å². The van der Waals surface area contributed by atoms with E-state index in [0.29, 0.717) is 23.5 Å². The van der Waals surface area contributed by atoms with Crippen LogP contribution >= 0.6 is 11.8 Å². The van der Waals surface area contributed by atoms with Crippen LogP contribution in [0.25, 0.3) is 0 Å². The molecule has 5 heteroatoms. The number of allylic oxidation sites excluding steroid dienone is 2. The highest BCUT2D eigenvalue weighted by Crippen LogP contribution is 2.54. The predicted molar refractivity (Wildman–Crippen MR) is 107 cm³/mol. The summed E-state index contributed by atoms with van der Waals surface area (Å²) in [5.74, 6) is 0.670. The molecule has 2 N–H and O–H groups in total. The summed E-state index contributed by atoms with van der Waals surface area (Å²) in [5.41, 5.74) is 0. The van der Waals surface area contributed by atoms with E-state index in [2.05, 4.69) is 23.8 Å². The Kier molecular flexibility index (Phi) is 8.98. The Morgan fingerprint density at radius 2 is 2.12 bits per heavy atom. The van der Waals surface area contributed by atoms with Crippen molar-refractivity contribution in [3.63, 3.8) is 0 Å². The summed E-state index contributed by atoms with van der Waals surface area (Å²) < 4.78 is 4.64. The number of rotatable bonds is 10. The summed E-state index contributed by atoms with van der Waals surface area (Å²) in [5, 5.41) is 21.8. The smallest absolute Gasteiger partial charge is 0.305 e. The van der Waals surface area contributed by atoms with Gasteiger partial charge in [0.15, 0.2) is 0 Å². The lowest BCUT2D eigenvalue weighted by molar-refractivity contribution is -0.140. The lowest BCUT2D eigenvalue weighted by atomic mass is 9.86.